The monoisotopic (exact) mass is 597 g/mol. The quantitative estimate of drug-likeness (QED) is 0.370. The number of rotatable bonds is 8. The molecular formula is C27H30F3N3O5S2. The number of nitrogens with zero attached hydrogens (tertiary/aromatic N) is 1. The van der Waals surface area contributed by atoms with E-state index >= 15 is 0 Å². The molecule has 1 saturated heterocycles. The summed E-state index contributed by atoms with van der Waals surface area (Å²) in [7, 11) is -6.48. The minimum Gasteiger partial charge on any atom is -0.492 e. The summed E-state index contributed by atoms with van der Waals surface area (Å²) in [6, 6.07) is 10.9. The lowest BCUT2D eigenvalue weighted by molar-refractivity contribution is -0.140. The number of ether oxygens (including phenoxy) is 1. The number of fused-ring (bicyclic) bond motifs is 1. The molecule has 13 heteroatoms. The Kier molecular flexibility index (Phi) is 8.60. The molecule has 0 bridgehead atoms. The maximum atomic E-state index is 13.5. The fraction of sp³-hybridized carbons (Fsp3) is 0.407. The first-order valence-electron chi connectivity index (χ1n) is 12.6. The minimum atomic E-state index is -4.48. The van der Waals surface area contributed by atoms with Crippen LogP contribution in [0.4, 0.5) is 24.5 Å². The van der Waals surface area contributed by atoms with Gasteiger partial charge in [-0.3, -0.25) is 0 Å². The molecule has 2 N–H and O–H groups in total. The van der Waals surface area contributed by atoms with Gasteiger partial charge in [0.25, 0.3) is 0 Å². The summed E-state index contributed by atoms with van der Waals surface area (Å²) >= 11 is 0. The molecule has 0 atom stereocenters. The zero-order valence-corrected chi connectivity index (χ0v) is 23.6. The molecule has 1 aromatic heterocycles. The van der Waals surface area contributed by atoms with E-state index in [0.29, 0.717) is 47.5 Å². The number of sulfone groups is 2. The van der Waals surface area contributed by atoms with E-state index in [4.69, 9.17) is 4.74 Å². The molecule has 40 heavy (non-hydrogen) atoms. The van der Waals surface area contributed by atoms with Crippen LogP contribution in [0.25, 0.3) is 10.9 Å². The molecule has 0 amide bonds. The van der Waals surface area contributed by atoms with Crippen LogP contribution in [0.15, 0.2) is 47.4 Å². The van der Waals surface area contributed by atoms with Gasteiger partial charge in [-0.2, -0.15) is 13.2 Å². The molecule has 0 unspecified atom stereocenters. The SMILES string of the molecule is CCOc1cc(S(C)(=O)=O)ccc1NCC#Cc1cc2c(NC3CCS(=O)(=O)CC3)cccc2n1CC(F)(F)F. The zero-order valence-electron chi connectivity index (χ0n) is 22.0. The van der Waals surface area contributed by atoms with E-state index in [1.165, 1.54) is 12.1 Å². The van der Waals surface area contributed by atoms with Gasteiger partial charge in [-0.15, -0.1) is 0 Å². The first-order valence-corrected chi connectivity index (χ1v) is 16.3. The Morgan fingerprint density at radius 2 is 1.82 bits per heavy atom. The van der Waals surface area contributed by atoms with Crippen LogP contribution in [0, 0.1) is 11.8 Å². The summed E-state index contributed by atoms with van der Waals surface area (Å²) < 4.78 is 94.5. The van der Waals surface area contributed by atoms with Gasteiger partial charge in [-0.05, 0) is 56.0 Å². The van der Waals surface area contributed by atoms with Crippen LogP contribution in [0.5, 0.6) is 5.75 Å². The number of aromatic nitrogens is 1. The fourth-order valence-electron chi connectivity index (χ4n) is 4.55. The molecule has 8 nitrogen and oxygen atoms in total. The summed E-state index contributed by atoms with van der Waals surface area (Å²) in [6.07, 6.45) is -2.53. The maximum Gasteiger partial charge on any atom is 0.406 e. The second-order valence-corrected chi connectivity index (χ2v) is 13.9. The Bertz CT molecular complexity index is 1660. The van der Waals surface area contributed by atoms with Gasteiger partial charge < -0.3 is 19.9 Å². The number of alkyl halides is 3. The van der Waals surface area contributed by atoms with E-state index in [1.54, 1.807) is 37.3 Å². The van der Waals surface area contributed by atoms with Crippen molar-refractivity contribution in [2.45, 2.75) is 43.4 Å². The third kappa shape index (κ3) is 7.42. The van der Waals surface area contributed by atoms with Crippen molar-refractivity contribution >= 4 is 42.0 Å². The van der Waals surface area contributed by atoms with Gasteiger partial charge in [0.15, 0.2) is 9.84 Å². The van der Waals surface area contributed by atoms with E-state index in [2.05, 4.69) is 22.5 Å². The fourth-order valence-corrected chi connectivity index (χ4v) is 6.67. The Morgan fingerprint density at radius 3 is 2.48 bits per heavy atom. The van der Waals surface area contributed by atoms with E-state index in [9.17, 15) is 30.0 Å². The van der Waals surface area contributed by atoms with Gasteiger partial charge >= 0.3 is 6.18 Å². The van der Waals surface area contributed by atoms with Crippen LogP contribution in [0.2, 0.25) is 0 Å². The Labute approximate surface area is 231 Å². The molecule has 1 aliphatic heterocycles. The number of halogens is 3. The molecule has 2 aromatic carbocycles. The standard InChI is InChI=1S/C27H30F3N3O5S2/c1-3-38-26-17-21(39(2,34)35)9-10-24(26)31-13-5-6-20-16-22-23(32-19-11-14-40(36,37)15-12-19)7-4-8-25(22)33(20)18-27(28,29)30/h4,7-10,16-17,19,31-32H,3,11-15,18H2,1-2H3. The number of nitrogens with one attached hydrogen (secondary N) is 2. The third-order valence-electron chi connectivity index (χ3n) is 6.46. The van der Waals surface area contributed by atoms with E-state index in [1.807, 2.05) is 0 Å². The number of benzene rings is 2. The summed E-state index contributed by atoms with van der Waals surface area (Å²) in [5.74, 6) is 6.15. The Morgan fingerprint density at radius 1 is 1.10 bits per heavy atom. The molecule has 2 heterocycles. The van der Waals surface area contributed by atoms with Gasteiger partial charge in [-0.1, -0.05) is 12.0 Å². The zero-order chi connectivity index (χ0) is 29.1. The van der Waals surface area contributed by atoms with Crippen LogP contribution < -0.4 is 15.4 Å². The van der Waals surface area contributed by atoms with Crippen LogP contribution in [0.3, 0.4) is 0 Å². The largest absolute Gasteiger partial charge is 0.492 e. The first-order chi connectivity index (χ1) is 18.8. The first kappa shape index (κ1) is 29.6. The van der Waals surface area contributed by atoms with Gasteiger partial charge in [0.2, 0.25) is 0 Å². The second kappa shape index (κ2) is 11.6. The average Bonchev–Trinajstić information content (AvgIpc) is 3.20. The second-order valence-electron chi connectivity index (χ2n) is 9.56. The Balaban J connectivity index is 1.60. The van der Waals surface area contributed by atoms with E-state index in [-0.39, 0.29) is 34.7 Å². The average molecular weight is 598 g/mol. The van der Waals surface area contributed by atoms with Crippen molar-refractivity contribution in [3.8, 4) is 17.6 Å². The third-order valence-corrected chi connectivity index (χ3v) is 9.29. The highest BCUT2D eigenvalue weighted by Gasteiger charge is 2.30. The van der Waals surface area contributed by atoms with Crippen molar-refractivity contribution in [1.29, 1.82) is 0 Å². The lowest BCUT2D eigenvalue weighted by Gasteiger charge is -2.24. The summed E-state index contributed by atoms with van der Waals surface area (Å²) in [5.41, 5.74) is 1.65. The normalized spacial score (nSPS) is 15.8. The van der Waals surface area contributed by atoms with Crippen molar-refractivity contribution in [3.63, 3.8) is 0 Å². The van der Waals surface area contributed by atoms with Crippen LogP contribution in [-0.2, 0) is 26.2 Å². The van der Waals surface area contributed by atoms with E-state index < -0.39 is 32.4 Å². The van der Waals surface area contributed by atoms with Gasteiger partial charge in [0.05, 0.1) is 46.5 Å². The number of hydrogen-bond acceptors (Lipinski definition) is 7. The molecular weight excluding hydrogens is 567 g/mol. The predicted octanol–water partition coefficient (Wildman–Crippen LogP) is 4.46. The molecule has 216 valence electrons. The molecule has 0 saturated carbocycles. The van der Waals surface area contributed by atoms with E-state index in [0.717, 1.165) is 10.8 Å². The van der Waals surface area contributed by atoms with Crippen LogP contribution >= 0.6 is 0 Å². The molecule has 1 fully saturated rings. The summed E-state index contributed by atoms with van der Waals surface area (Å²) in [5, 5.41) is 6.91. The van der Waals surface area contributed by atoms with Gasteiger partial charge in [-0.25, -0.2) is 16.8 Å². The van der Waals surface area contributed by atoms with Crippen molar-refractivity contribution in [2.24, 2.45) is 0 Å². The minimum absolute atomic E-state index is 0.0630. The number of hydrogen-bond donors (Lipinski definition) is 2. The van der Waals surface area contributed by atoms with Gasteiger partial charge in [0.1, 0.15) is 22.1 Å². The molecule has 0 radical (unpaired) electrons. The van der Waals surface area contributed by atoms with Crippen LogP contribution in [0.1, 0.15) is 25.5 Å². The molecule has 4 rings (SSSR count). The highest BCUT2D eigenvalue weighted by molar-refractivity contribution is 7.91. The highest BCUT2D eigenvalue weighted by atomic mass is 32.2. The Hall–Kier alpha value is -3.37. The van der Waals surface area contributed by atoms with Crippen molar-refractivity contribution < 1.29 is 34.7 Å². The number of anilines is 2. The molecule has 0 aliphatic carbocycles. The highest BCUT2D eigenvalue weighted by Crippen LogP contribution is 2.32. The van der Waals surface area contributed by atoms with Crippen LogP contribution in [-0.4, -0.2) is 64.5 Å². The van der Waals surface area contributed by atoms with Crippen molar-refractivity contribution in [3.05, 3.63) is 48.2 Å². The molecule has 1 aliphatic rings. The summed E-state index contributed by atoms with van der Waals surface area (Å²) in [4.78, 5) is 0.100. The van der Waals surface area contributed by atoms with Gasteiger partial charge in [0, 0.05) is 29.4 Å². The maximum absolute atomic E-state index is 13.5. The molecule has 3 aromatic rings. The topological polar surface area (TPSA) is 106 Å². The summed E-state index contributed by atoms with van der Waals surface area (Å²) in [6.45, 7) is 0.904. The lowest BCUT2D eigenvalue weighted by Crippen LogP contribution is -2.32. The molecule has 0 spiro atoms. The van der Waals surface area contributed by atoms with Crippen molar-refractivity contribution in [1.82, 2.24) is 4.57 Å². The predicted molar refractivity (Wildman–Crippen MR) is 149 cm³/mol. The smallest absolute Gasteiger partial charge is 0.406 e. The van der Waals surface area contributed by atoms with Crippen molar-refractivity contribution in [2.75, 3.05) is 41.5 Å². The lowest BCUT2D eigenvalue weighted by atomic mass is 10.1.